The first-order valence-electron chi connectivity index (χ1n) is 12.7. The van der Waals surface area contributed by atoms with E-state index in [1.165, 1.54) is 24.3 Å². The molecule has 0 unspecified atom stereocenters. The molecule has 1 N–H and O–H groups in total. The quantitative estimate of drug-likeness (QED) is 0.410. The van der Waals surface area contributed by atoms with Crippen molar-refractivity contribution in [3.05, 3.63) is 101 Å². The first-order chi connectivity index (χ1) is 17.8. The van der Waals surface area contributed by atoms with E-state index in [1.807, 2.05) is 12.1 Å². The van der Waals surface area contributed by atoms with Gasteiger partial charge in [-0.3, -0.25) is 4.79 Å². The molecule has 0 aromatic heterocycles. The number of nitrogens with zero attached hydrogens (tertiary/aromatic N) is 2. The third-order valence-electron chi connectivity index (χ3n) is 7.14. The zero-order valence-electron chi connectivity index (χ0n) is 21.4. The third-order valence-corrected chi connectivity index (χ3v) is 7.14. The summed E-state index contributed by atoms with van der Waals surface area (Å²) in [6, 6.07) is 19.0. The summed E-state index contributed by atoms with van der Waals surface area (Å²) in [6.07, 6.45) is 2.37. The highest BCUT2D eigenvalue weighted by Crippen LogP contribution is 2.42. The number of carbonyl (C=O) groups excluding carboxylic acids is 1. The largest absolute Gasteiger partial charge is 0.494 e. The van der Waals surface area contributed by atoms with Crippen molar-refractivity contribution in [3.63, 3.8) is 0 Å². The van der Waals surface area contributed by atoms with Gasteiger partial charge in [-0.25, -0.2) is 8.78 Å². The van der Waals surface area contributed by atoms with Crippen LogP contribution in [-0.2, 0) is 5.60 Å². The average Bonchev–Trinajstić information content (AvgIpc) is 2.91. The molecular weight excluding hydrogens is 474 g/mol. The SMILES string of the molecule is CN(C)C(=O)c1ccc(OCCCN2CCC(C(O)(c3ccc(F)cc3)c3ccc(F)cc3)CC2)cc1. The Morgan fingerprint density at radius 3 is 1.92 bits per heavy atom. The second-order valence-corrected chi connectivity index (χ2v) is 9.82. The van der Waals surface area contributed by atoms with Gasteiger partial charge in [0.05, 0.1) is 6.61 Å². The lowest BCUT2D eigenvalue weighted by Crippen LogP contribution is -2.44. The van der Waals surface area contributed by atoms with E-state index < -0.39 is 5.60 Å². The summed E-state index contributed by atoms with van der Waals surface area (Å²) in [5.41, 5.74) is 0.536. The Kier molecular flexibility index (Phi) is 8.56. The number of amides is 1. The predicted octanol–water partition coefficient (Wildman–Crippen LogP) is 5.08. The molecule has 0 bridgehead atoms. The number of aliphatic hydroxyl groups is 1. The normalized spacial score (nSPS) is 14.9. The Hall–Kier alpha value is -3.29. The second kappa shape index (κ2) is 11.8. The van der Waals surface area contributed by atoms with Gasteiger partial charge in [0, 0.05) is 26.2 Å². The third kappa shape index (κ3) is 6.35. The minimum atomic E-state index is -1.32. The smallest absolute Gasteiger partial charge is 0.253 e. The zero-order chi connectivity index (χ0) is 26.4. The van der Waals surface area contributed by atoms with Gasteiger partial charge in [0.15, 0.2) is 0 Å². The van der Waals surface area contributed by atoms with E-state index in [1.54, 1.807) is 55.4 Å². The number of hydrogen-bond donors (Lipinski definition) is 1. The maximum Gasteiger partial charge on any atom is 0.253 e. The van der Waals surface area contributed by atoms with E-state index in [4.69, 9.17) is 4.74 Å². The van der Waals surface area contributed by atoms with Crippen LogP contribution >= 0.6 is 0 Å². The van der Waals surface area contributed by atoms with Crippen molar-refractivity contribution < 1.29 is 23.4 Å². The topological polar surface area (TPSA) is 53.0 Å². The minimum Gasteiger partial charge on any atom is -0.494 e. The number of hydrogen-bond acceptors (Lipinski definition) is 4. The molecule has 3 aromatic rings. The number of benzene rings is 3. The summed E-state index contributed by atoms with van der Waals surface area (Å²) in [6.45, 7) is 3.07. The second-order valence-electron chi connectivity index (χ2n) is 9.82. The van der Waals surface area contributed by atoms with E-state index >= 15 is 0 Å². The Morgan fingerprint density at radius 2 is 1.43 bits per heavy atom. The van der Waals surface area contributed by atoms with Crippen molar-refractivity contribution in [3.8, 4) is 5.75 Å². The maximum atomic E-state index is 13.6. The van der Waals surface area contributed by atoms with E-state index in [0.717, 1.165) is 44.6 Å². The number of carbonyl (C=O) groups is 1. The molecule has 0 saturated carbocycles. The molecule has 1 fully saturated rings. The number of piperidine rings is 1. The fraction of sp³-hybridized carbons (Fsp3) is 0.367. The number of halogens is 2. The summed E-state index contributed by atoms with van der Waals surface area (Å²) in [4.78, 5) is 15.9. The van der Waals surface area contributed by atoms with Gasteiger partial charge >= 0.3 is 0 Å². The minimum absolute atomic E-state index is 0.0410. The van der Waals surface area contributed by atoms with Crippen LogP contribution < -0.4 is 4.74 Å². The summed E-state index contributed by atoms with van der Waals surface area (Å²) in [5, 5.41) is 12.0. The van der Waals surface area contributed by atoms with Crippen molar-refractivity contribution in [2.75, 3.05) is 40.3 Å². The van der Waals surface area contributed by atoms with Gasteiger partial charge in [-0.1, -0.05) is 24.3 Å². The number of ether oxygens (including phenoxy) is 1. The van der Waals surface area contributed by atoms with Crippen LogP contribution in [0, 0.1) is 17.6 Å². The molecule has 3 aromatic carbocycles. The molecule has 1 amide bonds. The molecule has 0 aliphatic carbocycles. The number of likely N-dealkylation sites (tertiary alicyclic amines) is 1. The molecule has 1 aliphatic rings. The van der Waals surface area contributed by atoms with Crippen LogP contribution in [0.2, 0.25) is 0 Å². The average molecular weight is 509 g/mol. The van der Waals surface area contributed by atoms with Crippen LogP contribution in [-0.4, -0.2) is 61.2 Å². The van der Waals surface area contributed by atoms with Crippen LogP contribution in [0.25, 0.3) is 0 Å². The zero-order valence-corrected chi connectivity index (χ0v) is 21.4. The maximum absolute atomic E-state index is 13.6. The highest BCUT2D eigenvalue weighted by molar-refractivity contribution is 5.93. The van der Waals surface area contributed by atoms with Gasteiger partial charge in [-0.15, -0.1) is 0 Å². The van der Waals surface area contributed by atoms with Gasteiger partial charge in [0.1, 0.15) is 23.0 Å². The Morgan fingerprint density at radius 1 is 0.919 bits per heavy atom. The van der Waals surface area contributed by atoms with Gasteiger partial charge in [-0.05, 0) is 97.9 Å². The molecule has 37 heavy (non-hydrogen) atoms. The van der Waals surface area contributed by atoms with Crippen molar-refractivity contribution >= 4 is 5.91 Å². The molecule has 0 spiro atoms. The lowest BCUT2D eigenvalue weighted by molar-refractivity contribution is -0.0147. The molecular formula is C30H34F2N2O3. The standard InChI is InChI=1S/C30H34F2N2O3/c1-33(2)29(35)22-4-14-28(15-5-22)37-21-3-18-34-19-16-25(17-20-34)30(36,23-6-10-26(31)11-7-23)24-8-12-27(32)13-9-24/h4-15,25,36H,3,16-21H2,1-2H3. The molecule has 0 radical (unpaired) electrons. The van der Waals surface area contributed by atoms with Gasteiger partial charge in [-0.2, -0.15) is 0 Å². The fourth-order valence-electron chi connectivity index (χ4n) is 5.05. The van der Waals surface area contributed by atoms with Gasteiger partial charge in [0.25, 0.3) is 5.91 Å². The summed E-state index contributed by atoms with van der Waals surface area (Å²) in [5.74, 6) is -0.113. The molecule has 1 saturated heterocycles. The summed E-state index contributed by atoms with van der Waals surface area (Å²) >= 11 is 0. The van der Waals surface area contributed by atoms with Crippen LogP contribution in [0.3, 0.4) is 0 Å². The number of rotatable bonds is 9. The Balaban J connectivity index is 1.31. The molecule has 1 heterocycles. The highest BCUT2D eigenvalue weighted by atomic mass is 19.1. The van der Waals surface area contributed by atoms with Crippen molar-refractivity contribution in [1.82, 2.24) is 9.80 Å². The van der Waals surface area contributed by atoms with Crippen LogP contribution in [0.1, 0.15) is 40.7 Å². The molecule has 196 valence electrons. The van der Waals surface area contributed by atoms with Crippen LogP contribution in [0.15, 0.2) is 72.8 Å². The molecule has 4 rings (SSSR count). The van der Waals surface area contributed by atoms with Gasteiger partial charge < -0.3 is 19.6 Å². The van der Waals surface area contributed by atoms with E-state index in [9.17, 15) is 18.7 Å². The van der Waals surface area contributed by atoms with E-state index in [0.29, 0.717) is 23.3 Å². The van der Waals surface area contributed by atoms with E-state index in [-0.39, 0.29) is 23.5 Å². The van der Waals surface area contributed by atoms with Gasteiger partial charge in [0.2, 0.25) is 0 Å². The van der Waals surface area contributed by atoms with Crippen molar-refractivity contribution in [2.45, 2.75) is 24.9 Å². The van der Waals surface area contributed by atoms with Crippen LogP contribution in [0.5, 0.6) is 5.75 Å². The first kappa shape index (κ1) is 26.8. The Labute approximate surface area is 217 Å². The van der Waals surface area contributed by atoms with Crippen LogP contribution in [0.4, 0.5) is 8.78 Å². The molecule has 7 heteroatoms. The molecule has 0 atom stereocenters. The predicted molar refractivity (Wildman–Crippen MR) is 140 cm³/mol. The summed E-state index contributed by atoms with van der Waals surface area (Å²) in [7, 11) is 3.45. The van der Waals surface area contributed by atoms with Crippen molar-refractivity contribution in [1.29, 1.82) is 0 Å². The van der Waals surface area contributed by atoms with E-state index in [2.05, 4.69) is 4.90 Å². The van der Waals surface area contributed by atoms with Crippen molar-refractivity contribution in [2.24, 2.45) is 5.92 Å². The Bertz CT molecular complexity index is 1110. The highest BCUT2D eigenvalue weighted by Gasteiger charge is 2.41. The fourth-order valence-corrected chi connectivity index (χ4v) is 5.05. The monoisotopic (exact) mass is 508 g/mol. The first-order valence-corrected chi connectivity index (χ1v) is 12.7. The molecule has 1 aliphatic heterocycles. The lowest BCUT2D eigenvalue weighted by Gasteiger charge is -2.42. The molecule has 5 nitrogen and oxygen atoms in total. The summed E-state index contributed by atoms with van der Waals surface area (Å²) < 4.78 is 33.0. The lowest BCUT2D eigenvalue weighted by atomic mass is 9.72.